The fourth-order valence-corrected chi connectivity index (χ4v) is 2.88. The number of fused-ring (bicyclic) bond motifs is 1. The molecule has 3 rings (SSSR count). The molecule has 0 aromatic carbocycles. The van der Waals surface area contributed by atoms with Crippen LogP contribution in [0.4, 0.5) is 26.3 Å². The van der Waals surface area contributed by atoms with Gasteiger partial charge in [-0.05, 0) is 40.8 Å². The van der Waals surface area contributed by atoms with Gasteiger partial charge in [-0.15, -0.1) is 6.58 Å². The van der Waals surface area contributed by atoms with E-state index in [2.05, 4.69) is 33.6 Å². The summed E-state index contributed by atoms with van der Waals surface area (Å²) in [5.74, 6) is -5.51. The number of nitrogens with zero attached hydrogens (tertiary/aromatic N) is 3. The predicted octanol–water partition coefficient (Wildman–Crippen LogP) is 4.00. The molecule has 36 heavy (non-hydrogen) atoms. The van der Waals surface area contributed by atoms with Crippen molar-refractivity contribution in [2.45, 2.75) is 38.5 Å². The van der Waals surface area contributed by atoms with Crippen molar-refractivity contribution in [3.8, 4) is 0 Å². The lowest BCUT2D eigenvalue weighted by atomic mass is 9.97. The molecule has 1 aliphatic heterocycles. The molecule has 0 radical (unpaired) electrons. The topological polar surface area (TPSA) is 113 Å². The molecule has 0 saturated heterocycles. The highest BCUT2D eigenvalue weighted by Crippen LogP contribution is 2.23. The van der Waals surface area contributed by atoms with Crippen molar-refractivity contribution < 1.29 is 50.9 Å². The summed E-state index contributed by atoms with van der Waals surface area (Å²) in [7, 11) is 0. The van der Waals surface area contributed by atoms with E-state index in [9.17, 15) is 26.3 Å². The molecule has 0 unspecified atom stereocenters. The zero-order valence-electron chi connectivity index (χ0n) is 18.7. The molecule has 3 heterocycles. The van der Waals surface area contributed by atoms with Crippen molar-refractivity contribution in [2.24, 2.45) is 0 Å². The quantitative estimate of drug-likeness (QED) is 0.332. The molecule has 0 spiro atoms. The molecule has 2 N–H and O–H groups in total. The van der Waals surface area contributed by atoms with Crippen molar-refractivity contribution in [1.29, 1.82) is 0 Å². The Hall–Kier alpha value is -3.52. The van der Waals surface area contributed by atoms with E-state index in [1.54, 1.807) is 6.08 Å². The summed E-state index contributed by atoms with van der Waals surface area (Å²) in [5.41, 5.74) is 5.24. The highest BCUT2D eigenvalue weighted by Gasteiger charge is 2.38. The Balaban J connectivity index is 0.000000383. The minimum Gasteiger partial charge on any atom is -0.475 e. The Morgan fingerprint density at radius 3 is 2.08 bits per heavy atom. The monoisotopic (exact) mass is 523 g/mol. The summed E-state index contributed by atoms with van der Waals surface area (Å²) in [6.45, 7) is 7.84. The number of rotatable bonds is 6. The first-order valence-corrected chi connectivity index (χ1v) is 10.1. The molecule has 1 aliphatic rings. The number of carbonyl (C=O) groups is 2. The van der Waals surface area contributed by atoms with Crippen LogP contribution in [0.25, 0.3) is 0 Å². The Morgan fingerprint density at radius 1 is 1.03 bits per heavy atom. The summed E-state index contributed by atoms with van der Waals surface area (Å²) >= 11 is 0. The van der Waals surface area contributed by atoms with Gasteiger partial charge < -0.3 is 14.9 Å². The molecule has 198 valence electrons. The standard InChI is InChI=1S/C18H21N3O.2C2HF3O2/c1-2-9-22-14-17-11-20-10-16-13-21(8-5-18(16)17)12-15-3-6-19-7-4-15;2*3-2(4,5)1(6)7/h2-4,6-7,10-11H,1,5,8-9,12-14H2;2*(H,6,7). The maximum atomic E-state index is 10.6. The van der Waals surface area contributed by atoms with Gasteiger partial charge in [0.1, 0.15) is 0 Å². The minimum absolute atomic E-state index is 0.581. The summed E-state index contributed by atoms with van der Waals surface area (Å²) in [6.07, 6.45) is 0.286. The van der Waals surface area contributed by atoms with E-state index >= 15 is 0 Å². The fourth-order valence-electron chi connectivity index (χ4n) is 2.88. The number of hydrogen-bond acceptors (Lipinski definition) is 6. The van der Waals surface area contributed by atoms with Crippen LogP contribution >= 0.6 is 0 Å². The number of hydrogen-bond donors (Lipinski definition) is 2. The van der Waals surface area contributed by atoms with Crippen LogP contribution in [0.15, 0.2) is 49.6 Å². The van der Waals surface area contributed by atoms with Crippen LogP contribution in [-0.2, 0) is 40.4 Å². The molecule has 0 amide bonds. The third kappa shape index (κ3) is 11.3. The number of halogens is 6. The number of ether oxygens (including phenoxy) is 1. The normalized spacial score (nSPS) is 13.3. The van der Waals surface area contributed by atoms with E-state index in [1.165, 1.54) is 22.3 Å². The van der Waals surface area contributed by atoms with E-state index in [1.807, 2.05) is 24.8 Å². The van der Waals surface area contributed by atoms with E-state index in [-0.39, 0.29) is 0 Å². The van der Waals surface area contributed by atoms with Crippen LogP contribution in [0.1, 0.15) is 22.3 Å². The second kappa shape index (κ2) is 14.1. The van der Waals surface area contributed by atoms with Crippen LogP contribution in [-0.4, -0.2) is 62.5 Å². The first kappa shape index (κ1) is 30.5. The fraction of sp³-hybridized carbons (Fsp3) is 0.364. The predicted molar refractivity (Wildman–Crippen MR) is 114 cm³/mol. The van der Waals surface area contributed by atoms with Crippen LogP contribution in [0.5, 0.6) is 0 Å². The number of alkyl halides is 6. The lowest BCUT2D eigenvalue weighted by molar-refractivity contribution is -0.193. The van der Waals surface area contributed by atoms with Crippen LogP contribution in [0, 0.1) is 0 Å². The third-order valence-electron chi connectivity index (χ3n) is 4.44. The molecule has 0 bridgehead atoms. The Labute approximate surface area is 201 Å². The first-order valence-electron chi connectivity index (χ1n) is 10.1. The maximum Gasteiger partial charge on any atom is 0.490 e. The SMILES string of the molecule is C=CCOCc1cncc2c1CCN(Cc1ccncc1)C2.O=C(O)C(F)(F)F.O=C(O)C(F)(F)F. The van der Waals surface area contributed by atoms with Gasteiger partial charge in [0.2, 0.25) is 0 Å². The highest BCUT2D eigenvalue weighted by molar-refractivity contribution is 5.73. The number of carboxylic acids is 2. The Bertz CT molecular complexity index is 976. The summed E-state index contributed by atoms with van der Waals surface area (Å²) in [5, 5.41) is 14.2. The summed E-state index contributed by atoms with van der Waals surface area (Å²) in [4.78, 5) is 28.7. The zero-order valence-corrected chi connectivity index (χ0v) is 18.7. The van der Waals surface area contributed by atoms with E-state index in [0.29, 0.717) is 13.2 Å². The van der Waals surface area contributed by atoms with Gasteiger partial charge in [-0.2, -0.15) is 26.3 Å². The molecule has 0 atom stereocenters. The molecule has 8 nitrogen and oxygen atoms in total. The van der Waals surface area contributed by atoms with Crippen molar-refractivity contribution in [2.75, 3.05) is 13.2 Å². The van der Waals surface area contributed by atoms with E-state index < -0.39 is 24.3 Å². The lowest BCUT2D eigenvalue weighted by Gasteiger charge is -2.29. The highest BCUT2D eigenvalue weighted by atomic mass is 19.4. The summed E-state index contributed by atoms with van der Waals surface area (Å²) < 4.78 is 69.1. The van der Waals surface area contributed by atoms with Crippen LogP contribution < -0.4 is 0 Å². The van der Waals surface area contributed by atoms with Gasteiger partial charge in [0.15, 0.2) is 0 Å². The molecule has 0 saturated carbocycles. The molecule has 2 aromatic heterocycles. The van der Waals surface area contributed by atoms with Crippen molar-refractivity contribution in [3.05, 3.63) is 71.8 Å². The maximum absolute atomic E-state index is 10.6. The van der Waals surface area contributed by atoms with Gasteiger partial charge in [-0.3, -0.25) is 14.9 Å². The van der Waals surface area contributed by atoms with Crippen LogP contribution in [0.2, 0.25) is 0 Å². The lowest BCUT2D eigenvalue weighted by Crippen LogP contribution is -2.31. The van der Waals surface area contributed by atoms with E-state index in [4.69, 9.17) is 24.5 Å². The van der Waals surface area contributed by atoms with Gasteiger partial charge in [0, 0.05) is 44.4 Å². The van der Waals surface area contributed by atoms with Gasteiger partial charge in [0.05, 0.1) is 13.2 Å². The van der Waals surface area contributed by atoms with Gasteiger partial charge in [-0.1, -0.05) is 6.08 Å². The largest absolute Gasteiger partial charge is 0.490 e. The second-order valence-corrected chi connectivity index (χ2v) is 7.16. The summed E-state index contributed by atoms with van der Waals surface area (Å²) in [6, 6.07) is 4.15. The smallest absolute Gasteiger partial charge is 0.475 e. The number of aliphatic carboxylic acids is 2. The molecule has 0 aliphatic carbocycles. The zero-order chi connectivity index (χ0) is 27.4. The molecule has 14 heteroatoms. The average Bonchev–Trinajstić information content (AvgIpc) is 2.79. The van der Waals surface area contributed by atoms with Gasteiger partial charge >= 0.3 is 24.3 Å². The third-order valence-corrected chi connectivity index (χ3v) is 4.44. The van der Waals surface area contributed by atoms with Crippen molar-refractivity contribution in [1.82, 2.24) is 14.9 Å². The minimum atomic E-state index is -5.08. The number of aromatic nitrogens is 2. The van der Waals surface area contributed by atoms with Gasteiger partial charge in [-0.25, -0.2) is 9.59 Å². The second-order valence-electron chi connectivity index (χ2n) is 7.16. The Kier molecular flexibility index (Phi) is 12.0. The molecular formula is C22H23F6N3O5. The van der Waals surface area contributed by atoms with Gasteiger partial charge in [0.25, 0.3) is 0 Å². The van der Waals surface area contributed by atoms with Crippen molar-refractivity contribution >= 4 is 11.9 Å². The molecule has 0 fully saturated rings. The van der Waals surface area contributed by atoms with Crippen molar-refractivity contribution in [3.63, 3.8) is 0 Å². The Morgan fingerprint density at radius 2 is 1.58 bits per heavy atom. The average molecular weight is 523 g/mol. The first-order chi connectivity index (χ1) is 16.8. The van der Waals surface area contributed by atoms with Crippen LogP contribution in [0.3, 0.4) is 0 Å². The molecular weight excluding hydrogens is 500 g/mol. The van der Waals surface area contributed by atoms with E-state index in [0.717, 1.165) is 26.1 Å². The number of pyridine rings is 2. The molecule has 2 aromatic rings. The number of carboxylic acid groups (broad SMARTS) is 2.